The molecule has 0 fully saturated rings. The van der Waals surface area contributed by atoms with Crippen molar-refractivity contribution in [2.45, 2.75) is 12.5 Å². The van der Waals surface area contributed by atoms with Crippen LogP contribution < -0.4 is 0 Å². The molecule has 5 heteroatoms. The summed E-state index contributed by atoms with van der Waals surface area (Å²) in [6.07, 6.45) is 0.237. The number of aromatic nitrogens is 1. The number of carbonyl (C=O) groups is 2. The molecule has 3 aromatic rings. The molecule has 1 aromatic heterocycles. The van der Waals surface area contributed by atoms with E-state index in [4.69, 9.17) is 0 Å². The number of carbonyl (C=O) groups excluding carboxylic acids is 2. The first-order chi connectivity index (χ1) is 12.5. The highest BCUT2D eigenvalue weighted by Crippen LogP contribution is 2.21. The van der Waals surface area contributed by atoms with Gasteiger partial charge in [0.1, 0.15) is 11.9 Å². The molecule has 0 aliphatic heterocycles. The largest absolute Gasteiger partial charge is 0.382 e. The normalized spacial score (nSPS) is 11.8. The van der Waals surface area contributed by atoms with Crippen molar-refractivity contribution in [1.29, 1.82) is 0 Å². The van der Waals surface area contributed by atoms with Gasteiger partial charge in [-0.1, -0.05) is 36.4 Å². The molecule has 0 aliphatic rings. The summed E-state index contributed by atoms with van der Waals surface area (Å²) < 4.78 is 13.2. The van der Waals surface area contributed by atoms with Crippen molar-refractivity contribution >= 4 is 11.6 Å². The average Bonchev–Trinajstić information content (AvgIpc) is 2.68. The van der Waals surface area contributed by atoms with Gasteiger partial charge in [0.25, 0.3) is 0 Å². The number of ketones is 2. The summed E-state index contributed by atoms with van der Waals surface area (Å²) >= 11 is 0. The molecule has 2 aromatic carbocycles. The molecule has 0 bridgehead atoms. The van der Waals surface area contributed by atoms with Crippen LogP contribution in [0.3, 0.4) is 0 Å². The van der Waals surface area contributed by atoms with Crippen LogP contribution in [0.25, 0.3) is 0 Å². The SMILES string of the molecule is O=C(CC(=O)c1cccc(C(O)c2ccccn2)c1)c1cccc(F)c1. The molecule has 4 nitrogen and oxygen atoms in total. The number of hydrogen-bond donors (Lipinski definition) is 1. The molecule has 1 unspecified atom stereocenters. The van der Waals surface area contributed by atoms with E-state index in [1.807, 2.05) is 0 Å². The molecule has 0 aliphatic carbocycles. The molecule has 0 spiro atoms. The number of benzene rings is 2. The molecule has 0 saturated heterocycles. The van der Waals surface area contributed by atoms with Crippen LogP contribution >= 0.6 is 0 Å². The van der Waals surface area contributed by atoms with Gasteiger partial charge in [-0.25, -0.2) is 4.39 Å². The molecule has 130 valence electrons. The Morgan fingerprint density at radius 1 is 0.923 bits per heavy atom. The Labute approximate surface area is 150 Å². The molecular weight excluding hydrogens is 333 g/mol. The predicted molar refractivity (Wildman–Crippen MR) is 94.4 cm³/mol. The fraction of sp³-hybridized carbons (Fsp3) is 0.0952. The second kappa shape index (κ2) is 7.80. The third kappa shape index (κ3) is 4.07. The lowest BCUT2D eigenvalue weighted by Crippen LogP contribution is -2.10. The van der Waals surface area contributed by atoms with Gasteiger partial charge < -0.3 is 5.11 Å². The Morgan fingerprint density at radius 2 is 1.62 bits per heavy atom. The average molecular weight is 349 g/mol. The Balaban J connectivity index is 1.77. The zero-order chi connectivity index (χ0) is 18.5. The standard InChI is InChI=1S/C21H16FNO3/c22-17-8-4-6-15(12-17)20(25)13-19(24)14-5-3-7-16(11-14)21(26)18-9-1-2-10-23-18/h1-12,21,26H,13H2. The van der Waals surface area contributed by atoms with Crippen molar-refractivity contribution in [2.75, 3.05) is 0 Å². The van der Waals surface area contributed by atoms with Gasteiger partial charge in [0.2, 0.25) is 0 Å². The maximum atomic E-state index is 13.2. The van der Waals surface area contributed by atoms with E-state index < -0.39 is 23.5 Å². The van der Waals surface area contributed by atoms with Crippen LogP contribution in [-0.2, 0) is 0 Å². The first-order valence-corrected chi connectivity index (χ1v) is 8.05. The van der Waals surface area contributed by atoms with Crippen molar-refractivity contribution in [3.8, 4) is 0 Å². The van der Waals surface area contributed by atoms with Gasteiger partial charge in [0, 0.05) is 17.3 Å². The first-order valence-electron chi connectivity index (χ1n) is 8.05. The quantitative estimate of drug-likeness (QED) is 0.543. The van der Waals surface area contributed by atoms with E-state index >= 15 is 0 Å². The number of Topliss-reactive ketones (excluding diaryl/α,β-unsaturated/α-hetero) is 2. The van der Waals surface area contributed by atoms with Crippen LogP contribution in [0, 0.1) is 5.82 Å². The topological polar surface area (TPSA) is 67.3 Å². The molecule has 1 atom stereocenters. The monoisotopic (exact) mass is 349 g/mol. The fourth-order valence-electron chi connectivity index (χ4n) is 2.60. The lowest BCUT2D eigenvalue weighted by atomic mass is 9.98. The summed E-state index contributed by atoms with van der Waals surface area (Å²) in [5, 5.41) is 10.4. The highest BCUT2D eigenvalue weighted by atomic mass is 19.1. The minimum atomic E-state index is -0.970. The van der Waals surface area contributed by atoms with Gasteiger partial charge in [0.15, 0.2) is 11.6 Å². The highest BCUT2D eigenvalue weighted by Gasteiger charge is 2.17. The van der Waals surface area contributed by atoms with Gasteiger partial charge >= 0.3 is 0 Å². The minimum Gasteiger partial charge on any atom is -0.382 e. The van der Waals surface area contributed by atoms with Crippen LogP contribution in [0.5, 0.6) is 0 Å². The van der Waals surface area contributed by atoms with Crippen LogP contribution in [0.4, 0.5) is 4.39 Å². The minimum absolute atomic E-state index is 0.156. The Kier molecular flexibility index (Phi) is 5.29. The Hall–Kier alpha value is -3.18. The summed E-state index contributed by atoms with van der Waals surface area (Å²) in [5.41, 5.74) is 1.44. The van der Waals surface area contributed by atoms with Gasteiger partial charge in [-0.2, -0.15) is 0 Å². The molecule has 1 heterocycles. The van der Waals surface area contributed by atoms with E-state index in [0.29, 0.717) is 16.8 Å². The summed E-state index contributed by atoms with van der Waals surface area (Å²) in [6.45, 7) is 0. The lowest BCUT2D eigenvalue weighted by molar-refractivity contribution is 0.0894. The lowest BCUT2D eigenvalue weighted by Gasteiger charge is -2.11. The second-order valence-electron chi connectivity index (χ2n) is 5.82. The summed E-state index contributed by atoms with van der Waals surface area (Å²) in [4.78, 5) is 28.7. The predicted octanol–water partition coefficient (Wildman–Crippen LogP) is 3.76. The zero-order valence-electron chi connectivity index (χ0n) is 13.8. The molecular formula is C21H16FNO3. The van der Waals surface area contributed by atoms with Gasteiger partial charge in [-0.15, -0.1) is 0 Å². The van der Waals surface area contributed by atoms with E-state index in [1.54, 1.807) is 48.7 Å². The van der Waals surface area contributed by atoms with Crippen molar-refractivity contribution in [3.05, 3.63) is 101 Å². The second-order valence-corrected chi connectivity index (χ2v) is 5.82. The highest BCUT2D eigenvalue weighted by molar-refractivity contribution is 6.13. The fourth-order valence-corrected chi connectivity index (χ4v) is 2.60. The summed E-state index contributed by atoms with van der Waals surface area (Å²) in [6, 6.07) is 16.9. The van der Waals surface area contributed by atoms with E-state index in [9.17, 15) is 19.1 Å². The van der Waals surface area contributed by atoms with Gasteiger partial charge in [-0.05, 0) is 35.9 Å². The number of rotatable bonds is 6. The van der Waals surface area contributed by atoms with E-state index in [0.717, 1.165) is 6.07 Å². The number of halogens is 1. The molecule has 1 N–H and O–H groups in total. The van der Waals surface area contributed by atoms with Crippen LogP contribution in [-0.4, -0.2) is 21.7 Å². The van der Waals surface area contributed by atoms with Gasteiger partial charge in [-0.3, -0.25) is 14.6 Å². The molecule has 0 radical (unpaired) electrons. The van der Waals surface area contributed by atoms with E-state index in [-0.39, 0.29) is 12.0 Å². The van der Waals surface area contributed by atoms with Crippen molar-refractivity contribution in [3.63, 3.8) is 0 Å². The summed E-state index contributed by atoms with van der Waals surface area (Å²) in [7, 11) is 0. The maximum absolute atomic E-state index is 13.2. The number of nitrogens with zero attached hydrogens (tertiary/aromatic N) is 1. The van der Waals surface area contributed by atoms with E-state index in [2.05, 4.69) is 4.98 Å². The first kappa shape index (κ1) is 17.6. The Morgan fingerprint density at radius 3 is 2.27 bits per heavy atom. The number of aliphatic hydroxyl groups excluding tert-OH is 1. The van der Waals surface area contributed by atoms with Crippen molar-refractivity contribution < 1.29 is 19.1 Å². The van der Waals surface area contributed by atoms with E-state index in [1.165, 1.54) is 18.2 Å². The molecule has 3 rings (SSSR count). The van der Waals surface area contributed by atoms with Crippen LogP contribution in [0.2, 0.25) is 0 Å². The maximum Gasteiger partial charge on any atom is 0.170 e. The van der Waals surface area contributed by atoms with Crippen molar-refractivity contribution in [2.24, 2.45) is 0 Å². The number of aliphatic hydroxyl groups is 1. The Bertz CT molecular complexity index is 941. The number of pyridine rings is 1. The molecule has 26 heavy (non-hydrogen) atoms. The zero-order valence-corrected chi connectivity index (χ0v) is 13.8. The summed E-state index contributed by atoms with van der Waals surface area (Å²) in [5.74, 6) is -1.37. The van der Waals surface area contributed by atoms with Crippen LogP contribution in [0.15, 0.2) is 72.9 Å². The van der Waals surface area contributed by atoms with Crippen molar-refractivity contribution in [1.82, 2.24) is 4.98 Å². The van der Waals surface area contributed by atoms with Crippen LogP contribution in [0.1, 0.15) is 44.5 Å². The smallest absolute Gasteiger partial charge is 0.170 e. The van der Waals surface area contributed by atoms with Gasteiger partial charge in [0.05, 0.1) is 12.1 Å². The molecule has 0 amide bonds. The third-order valence-electron chi connectivity index (χ3n) is 3.96. The third-order valence-corrected chi connectivity index (χ3v) is 3.96. The number of hydrogen-bond acceptors (Lipinski definition) is 4. The molecule has 0 saturated carbocycles.